The first-order valence-corrected chi connectivity index (χ1v) is 21.9. The van der Waals surface area contributed by atoms with Crippen molar-refractivity contribution in [1.29, 1.82) is 0 Å². The summed E-state index contributed by atoms with van der Waals surface area (Å²) in [5.41, 5.74) is 1.89. The average Bonchev–Trinajstić information content (AvgIpc) is 2.95. The van der Waals surface area contributed by atoms with Crippen molar-refractivity contribution in [1.82, 2.24) is 9.68 Å². The smallest absolute Gasteiger partial charge is 0.466 e. The summed E-state index contributed by atoms with van der Waals surface area (Å²) in [7, 11) is 3.39. The minimum atomic E-state index is -3.39. The Labute approximate surface area is 248 Å². The molecular formula is C22H36N3O8P6S+. The van der Waals surface area contributed by atoms with Gasteiger partial charge >= 0.3 is 22.3 Å². The van der Waals surface area contributed by atoms with E-state index in [9.17, 15) is 9.13 Å². The Morgan fingerprint density at radius 2 is 1.40 bits per heavy atom. The number of nitrogens with zero attached hydrogens (tertiary/aromatic N) is 3. The summed E-state index contributed by atoms with van der Waals surface area (Å²) in [5.74, 6) is 1.41. The third kappa shape index (κ3) is 12.4. The normalized spacial score (nSPS) is 12.8. The van der Waals surface area contributed by atoms with Crippen LogP contribution in [0.25, 0.3) is 0 Å². The van der Waals surface area contributed by atoms with Crippen LogP contribution in [0, 0.1) is 0 Å². The molecule has 2 aromatic rings. The first-order valence-electron chi connectivity index (χ1n) is 11.7. The molecule has 222 valence electrons. The minimum Gasteiger partial charge on any atom is -0.466 e. The van der Waals surface area contributed by atoms with Gasteiger partial charge < -0.3 is 22.6 Å². The molecule has 40 heavy (non-hydrogen) atoms. The van der Waals surface area contributed by atoms with Gasteiger partial charge in [-0.2, -0.15) is 0 Å². The molecule has 0 amide bonds. The van der Waals surface area contributed by atoms with Crippen LogP contribution in [0.3, 0.4) is 0 Å². The van der Waals surface area contributed by atoms with Gasteiger partial charge in [-0.15, -0.1) is 5.10 Å². The molecular weight excluding hydrogens is 652 g/mol. The lowest BCUT2D eigenvalue weighted by Crippen LogP contribution is -2.29. The van der Waals surface area contributed by atoms with Crippen LogP contribution in [0.15, 0.2) is 53.6 Å². The molecule has 0 aliphatic carbocycles. The molecule has 2 rings (SSSR count). The Balaban J connectivity index is 1.96. The third-order valence-corrected chi connectivity index (χ3v) is 12.0. The monoisotopic (exact) mass is 688 g/mol. The van der Waals surface area contributed by atoms with Crippen LogP contribution in [0.4, 0.5) is 0 Å². The van der Waals surface area contributed by atoms with Crippen LogP contribution in [0.2, 0.25) is 0 Å². The standard InChI is InChI=1S/C22H36N3O8P6S/c1-24(23-16-20-8-12-22(13-9-20)33-37(34)35)36(40)32-21-10-6-19(7-11-21)14-15-25(17-38(26,28-2)29-3)18-39(27,30-4)31-5/h6-13,16H,14-15,17-18,34-35H2,1-5H3/q+1/b23-16-. The van der Waals surface area contributed by atoms with E-state index in [0.717, 1.165) is 16.9 Å². The highest BCUT2D eigenvalue weighted by Crippen LogP contribution is 2.53. The Bertz CT molecular complexity index is 1160. The maximum Gasteiger partial charge on any atom is 0.540 e. The quantitative estimate of drug-likeness (QED) is 0.0928. The summed E-state index contributed by atoms with van der Waals surface area (Å²) in [5, 5.41) is 4.40. The van der Waals surface area contributed by atoms with Gasteiger partial charge in [-0.1, -0.05) is 34.8 Å². The van der Waals surface area contributed by atoms with Gasteiger partial charge in [0, 0.05) is 35.0 Å². The Morgan fingerprint density at radius 1 is 0.900 bits per heavy atom. The zero-order valence-corrected chi connectivity index (χ0v) is 29.7. The van der Waals surface area contributed by atoms with E-state index in [0.29, 0.717) is 18.7 Å². The zero-order valence-electron chi connectivity index (χ0n) is 23.0. The highest BCUT2D eigenvalue weighted by molar-refractivity contribution is 8.41. The summed E-state index contributed by atoms with van der Waals surface area (Å²) >= 11 is 5.52. The molecule has 0 fully saturated rings. The van der Waals surface area contributed by atoms with Gasteiger partial charge in [-0.3, -0.25) is 18.6 Å². The predicted octanol–water partition coefficient (Wildman–Crippen LogP) is 6.89. The van der Waals surface area contributed by atoms with Crippen molar-refractivity contribution in [2.45, 2.75) is 6.42 Å². The van der Waals surface area contributed by atoms with E-state index in [2.05, 4.69) is 23.0 Å². The van der Waals surface area contributed by atoms with Crippen LogP contribution >= 0.6 is 47.6 Å². The zero-order chi connectivity index (χ0) is 29.8. The predicted molar refractivity (Wildman–Crippen MR) is 174 cm³/mol. The maximum atomic E-state index is 12.7. The number of hydrogen-bond acceptors (Lipinski definition) is 11. The molecule has 2 aromatic carbocycles. The lowest BCUT2D eigenvalue weighted by molar-refractivity contribution is 0.224. The summed E-state index contributed by atoms with van der Waals surface area (Å²) in [6.45, 7) is 0.405. The van der Waals surface area contributed by atoms with Crippen LogP contribution in [0.1, 0.15) is 11.1 Å². The summed E-state index contributed by atoms with van der Waals surface area (Å²) in [4.78, 5) is 1.69. The van der Waals surface area contributed by atoms with Crippen molar-refractivity contribution in [2.24, 2.45) is 5.10 Å². The SMILES string of the molecule is COP(=O)(CN(CCc1ccc(O[P+](=S)N(C)/N=C\c2ccc(OP(P)P)cc2)cc1)CP(=O)(OC)OC)OC. The lowest BCUT2D eigenvalue weighted by Gasteiger charge is -2.27. The summed E-state index contributed by atoms with van der Waals surface area (Å²) in [6.07, 6.45) is 2.14. The molecule has 0 aromatic heterocycles. The second kappa shape index (κ2) is 17.6. The molecule has 0 saturated carbocycles. The fraction of sp³-hybridized carbons (Fsp3) is 0.409. The number of rotatable bonds is 18. The molecule has 0 bridgehead atoms. The van der Waals surface area contributed by atoms with E-state index in [4.69, 9.17) is 38.9 Å². The first-order chi connectivity index (χ1) is 18.9. The molecule has 0 radical (unpaired) electrons. The third-order valence-electron chi connectivity index (χ3n) is 5.38. The molecule has 3 unspecified atom stereocenters. The molecule has 3 atom stereocenters. The number of hydrazone groups is 1. The van der Waals surface area contributed by atoms with E-state index >= 15 is 0 Å². The first kappa shape index (κ1) is 35.8. The van der Waals surface area contributed by atoms with E-state index in [1.54, 1.807) is 22.9 Å². The molecule has 0 saturated heterocycles. The number of hydrogen-bond donors (Lipinski definition) is 0. The fourth-order valence-electron chi connectivity index (χ4n) is 3.14. The topological polar surface area (TPSA) is 108 Å². The van der Waals surface area contributed by atoms with Gasteiger partial charge in [-0.05, 0) is 53.9 Å². The van der Waals surface area contributed by atoms with E-state index < -0.39 is 29.8 Å². The highest BCUT2D eigenvalue weighted by Gasteiger charge is 2.31. The van der Waals surface area contributed by atoms with Crippen molar-refractivity contribution in [3.05, 3.63) is 59.7 Å². The molecule has 0 spiro atoms. The van der Waals surface area contributed by atoms with Crippen molar-refractivity contribution in [3.8, 4) is 11.5 Å². The van der Waals surface area contributed by atoms with E-state index in [1.165, 1.54) is 28.4 Å². The minimum absolute atomic E-state index is 0.0695. The maximum absolute atomic E-state index is 12.7. The fourth-order valence-corrected chi connectivity index (χ4v) is 7.56. The molecule has 0 aliphatic heterocycles. The lowest BCUT2D eigenvalue weighted by atomic mass is 10.1. The van der Waals surface area contributed by atoms with Gasteiger partial charge in [0.25, 0.3) is 0 Å². The van der Waals surface area contributed by atoms with Gasteiger partial charge in [-0.25, -0.2) is 0 Å². The Kier molecular flexibility index (Phi) is 15.8. The van der Waals surface area contributed by atoms with Crippen LogP contribution < -0.4 is 9.05 Å². The molecule has 0 aliphatic rings. The molecule has 11 nitrogen and oxygen atoms in total. The van der Waals surface area contributed by atoms with Gasteiger partial charge in [0.15, 0.2) is 5.75 Å². The van der Waals surface area contributed by atoms with Crippen molar-refractivity contribution in [2.75, 3.05) is 54.6 Å². The Hall–Kier alpha value is -0.420. The van der Waals surface area contributed by atoms with Gasteiger partial charge in [0.2, 0.25) is 11.8 Å². The largest absolute Gasteiger partial charge is 0.540 e. The second-order valence-corrected chi connectivity index (χ2v) is 20.5. The Morgan fingerprint density at radius 3 is 1.88 bits per heavy atom. The molecule has 18 heteroatoms. The van der Waals surface area contributed by atoms with E-state index in [-0.39, 0.29) is 12.6 Å². The van der Waals surface area contributed by atoms with E-state index in [1.807, 2.05) is 48.5 Å². The second-order valence-electron chi connectivity index (χ2n) is 8.11. The van der Waals surface area contributed by atoms with Crippen LogP contribution in [0.5, 0.6) is 11.5 Å². The van der Waals surface area contributed by atoms with Crippen molar-refractivity contribution < 1.29 is 36.3 Å². The van der Waals surface area contributed by atoms with Crippen LogP contribution in [-0.4, -0.2) is 70.5 Å². The summed E-state index contributed by atoms with van der Waals surface area (Å²) in [6, 6.07) is 15.1. The highest BCUT2D eigenvalue weighted by atomic mass is 32.4. The van der Waals surface area contributed by atoms with Gasteiger partial charge in [0.1, 0.15) is 25.8 Å². The molecule has 0 heterocycles. The number of benzene rings is 2. The summed E-state index contributed by atoms with van der Waals surface area (Å²) < 4.78 is 58.8. The molecule has 0 N–H and O–H groups in total. The van der Waals surface area contributed by atoms with Crippen molar-refractivity contribution in [3.63, 3.8) is 0 Å². The van der Waals surface area contributed by atoms with Crippen LogP contribution in [-0.2, 0) is 45.5 Å². The average molecular weight is 688 g/mol. The van der Waals surface area contributed by atoms with Crippen molar-refractivity contribution >= 4 is 65.7 Å². The van der Waals surface area contributed by atoms with Gasteiger partial charge in [0.05, 0.1) is 13.3 Å².